The van der Waals surface area contributed by atoms with Crippen molar-refractivity contribution in [3.8, 4) is 0 Å². The summed E-state index contributed by atoms with van der Waals surface area (Å²) >= 11 is 0. The molecular weight excluding hydrogens is 158 g/mol. The lowest BCUT2D eigenvalue weighted by molar-refractivity contribution is 0.903. The average Bonchev–Trinajstić information content (AvgIpc) is 2.44. The van der Waals surface area contributed by atoms with Crippen molar-refractivity contribution in [2.24, 2.45) is 5.73 Å². The lowest BCUT2D eigenvalue weighted by Gasteiger charge is -1.98. The summed E-state index contributed by atoms with van der Waals surface area (Å²) in [6.07, 6.45) is 4.37. The molecule has 0 fully saturated rings. The predicted molar refractivity (Wildman–Crippen MR) is 55.6 cm³/mol. The van der Waals surface area contributed by atoms with Crippen LogP contribution in [0.5, 0.6) is 0 Å². The summed E-state index contributed by atoms with van der Waals surface area (Å²) in [6.45, 7) is 2.02. The molecule has 0 aromatic heterocycles. The summed E-state index contributed by atoms with van der Waals surface area (Å²) < 4.78 is 0. The van der Waals surface area contributed by atoms with Gasteiger partial charge in [-0.15, -0.1) is 0 Å². The van der Waals surface area contributed by atoms with Crippen LogP contribution in [0, 0.1) is 0 Å². The molecule has 1 heteroatoms. The summed E-state index contributed by atoms with van der Waals surface area (Å²) in [5.41, 5.74) is 10.1. The van der Waals surface area contributed by atoms with Gasteiger partial charge in [0.2, 0.25) is 0 Å². The van der Waals surface area contributed by atoms with E-state index in [0.29, 0.717) is 0 Å². The van der Waals surface area contributed by atoms with Crippen molar-refractivity contribution in [3.63, 3.8) is 0 Å². The van der Waals surface area contributed by atoms with E-state index in [1.807, 2.05) is 6.92 Å². The quantitative estimate of drug-likeness (QED) is 0.646. The normalized spacial score (nSPS) is 16.9. The molecule has 1 nitrogen and oxygen atoms in total. The van der Waals surface area contributed by atoms with E-state index in [9.17, 15) is 0 Å². The Morgan fingerprint density at radius 1 is 1.23 bits per heavy atom. The molecule has 1 aromatic rings. The van der Waals surface area contributed by atoms with Crippen molar-refractivity contribution in [1.29, 1.82) is 0 Å². The summed E-state index contributed by atoms with van der Waals surface area (Å²) in [6, 6.07) is 8.81. The van der Waals surface area contributed by atoms with Crippen LogP contribution >= 0.6 is 0 Å². The topological polar surface area (TPSA) is 26.0 Å². The molecule has 13 heavy (non-hydrogen) atoms. The van der Waals surface area contributed by atoms with E-state index in [1.54, 1.807) is 0 Å². The second-order valence-corrected chi connectivity index (χ2v) is 3.81. The molecule has 0 spiro atoms. The van der Waals surface area contributed by atoms with Crippen LogP contribution in [0.2, 0.25) is 0 Å². The molecule has 1 aliphatic rings. The molecule has 0 aliphatic heterocycles. The number of rotatable bonds is 1. The van der Waals surface area contributed by atoms with Crippen molar-refractivity contribution in [2.45, 2.75) is 25.8 Å². The maximum Gasteiger partial charge on any atom is 0.0197 e. The Bertz CT molecular complexity index is 310. The maximum atomic E-state index is 5.73. The van der Waals surface area contributed by atoms with Gasteiger partial charge in [-0.2, -0.15) is 0 Å². The van der Waals surface area contributed by atoms with E-state index >= 15 is 0 Å². The van der Waals surface area contributed by atoms with Gasteiger partial charge in [-0.1, -0.05) is 35.9 Å². The fourth-order valence-corrected chi connectivity index (χ4v) is 1.94. The smallest absolute Gasteiger partial charge is 0.0197 e. The van der Waals surface area contributed by atoms with Crippen LogP contribution in [-0.4, -0.2) is 6.04 Å². The van der Waals surface area contributed by atoms with E-state index in [4.69, 9.17) is 5.73 Å². The number of allylic oxidation sites excluding steroid dienone is 1. The van der Waals surface area contributed by atoms with Crippen molar-refractivity contribution >= 4 is 0 Å². The van der Waals surface area contributed by atoms with Gasteiger partial charge >= 0.3 is 0 Å². The molecule has 0 saturated heterocycles. The SMILES string of the molecule is CC(N)C=C1Cc2ccccc2C1. The molecule has 0 amide bonds. The van der Waals surface area contributed by atoms with E-state index < -0.39 is 0 Å². The summed E-state index contributed by atoms with van der Waals surface area (Å²) in [7, 11) is 0. The van der Waals surface area contributed by atoms with Crippen LogP contribution in [-0.2, 0) is 12.8 Å². The number of hydrogen-bond donors (Lipinski definition) is 1. The Morgan fingerprint density at radius 2 is 1.77 bits per heavy atom. The highest BCUT2D eigenvalue weighted by Crippen LogP contribution is 2.25. The summed E-state index contributed by atoms with van der Waals surface area (Å²) in [5, 5.41) is 0. The van der Waals surface area contributed by atoms with Crippen molar-refractivity contribution in [3.05, 3.63) is 47.0 Å². The molecule has 0 radical (unpaired) electrons. The van der Waals surface area contributed by atoms with Crippen LogP contribution < -0.4 is 5.73 Å². The van der Waals surface area contributed by atoms with Crippen molar-refractivity contribution in [1.82, 2.24) is 0 Å². The third-order valence-corrected chi connectivity index (χ3v) is 2.45. The highest BCUT2D eigenvalue weighted by Gasteiger charge is 2.13. The first-order valence-corrected chi connectivity index (χ1v) is 4.77. The van der Waals surface area contributed by atoms with Gasteiger partial charge < -0.3 is 5.73 Å². The number of fused-ring (bicyclic) bond motifs is 1. The third-order valence-electron chi connectivity index (χ3n) is 2.45. The van der Waals surface area contributed by atoms with E-state index in [-0.39, 0.29) is 6.04 Å². The molecule has 1 aromatic carbocycles. The van der Waals surface area contributed by atoms with Crippen LogP contribution in [0.4, 0.5) is 0 Å². The van der Waals surface area contributed by atoms with Crippen LogP contribution in [0.1, 0.15) is 18.1 Å². The molecule has 2 N–H and O–H groups in total. The van der Waals surface area contributed by atoms with Gasteiger partial charge in [0.15, 0.2) is 0 Å². The second kappa shape index (κ2) is 3.35. The van der Waals surface area contributed by atoms with Crippen LogP contribution in [0.25, 0.3) is 0 Å². The minimum Gasteiger partial charge on any atom is -0.325 e. The zero-order valence-electron chi connectivity index (χ0n) is 7.96. The predicted octanol–water partition coefficient (Wildman–Crippen LogP) is 2.06. The summed E-state index contributed by atoms with van der Waals surface area (Å²) in [5.74, 6) is 0. The van der Waals surface area contributed by atoms with Crippen LogP contribution in [0.3, 0.4) is 0 Å². The molecule has 0 saturated carbocycles. The van der Waals surface area contributed by atoms with Crippen molar-refractivity contribution in [2.75, 3.05) is 0 Å². The Morgan fingerprint density at radius 3 is 2.23 bits per heavy atom. The Kier molecular flexibility index (Phi) is 2.19. The van der Waals surface area contributed by atoms with Gasteiger partial charge in [0, 0.05) is 6.04 Å². The Hall–Kier alpha value is -1.08. The number of nitrogens with two attached hydrogens (primary N) is 1. The maximum absolute atomic E-state index is 5.73. The van der Waals surface area contributed by atoms with E-state index in [1.165, 1.54) is 16.7 Å². The zero-order chi connectivity index (χ0) is 9.26. The summed E-state index contributed by atoms with van der Waals surface area (Å²) in [4.78, 5) is 0. The first kappa shape index (κ1) is 8.52. The Balaban J connectivity index is 2.23. The molecule has 0 heterocycles. The molecule has 2 rings (SSSR count). The van der Waals surface area contributed by atoms with Gasteiger partial charge in [-0.3, -0.25) is 0 Å². The zero-order valence-corrected chi connectivity index (χ0v) is 7.96. The fraction of sp³-hybridized carbons (Fsp3) is 0.333. The van der Waals surface area contributed by atoms with Crippen molar-refractivity contribution < 1.29 is 0 Å². The monoisotopic (exact) mass is 173 g/mol. The fourth-order valence-electron chi connectivity index (χ4n) is 1.94. The van der Waals surface area contributed by atoms with Gasteiger partial charge in [0.1, 0.15) is 0 Å². The average molecular weight is 173 g/mol. The highest BCUT2D eigenvalue weighted by molar-refractivity contribution is 5.40. The van der Waals surface area contributed by atoms with Gasteiger partial charge in [0.25, 0.3) is 0 Å². The number of hydrogen-bond acceptors (Lipinski definition) is 1. The molecule has 1 atom stereocenters. The largest absolute Gasteiger partial charge is 0.325 e. The first-order chi connectivity index (χ1) is 6.25. The highest BCUT2D eigenvalue weighted by atomic mass is 14.6. The molecule has 1 unspecified atom stereocenters. The van der Waals surface area contributed by atoms with Gasteiger partial charge in [-0.05, 0) is 30.9 Å². The lowest BCUT2D eigenvalue weighted by Crippen LogP contribution is -2.11. The lowest BCUT2D eigenvalue weighted by atomic mass is 10.1. The minimum atomic E-state index is 0.185. The molecule has 1 aliphatic carbocycles. The van der Waals surface area contributed by atoms with Gasteiger partial charge in [0.05, 0.1) is 0 Å². The molecule has 68 valence electrons. The molecule has 0 bridgehead atoms. The van der Waals surface area contributed by atoms with E-state index in [0.717, 1.165) is 12.8 Å². The van der Waals surface area contributed by atoms with E-state index in [2.05, 4.69) is 30.3 Å². The standard InChI is InChI=1S/C12H15N/c1-9(13)6-10-7-11-4-2-3-5-12(11)8-10/h2-6,9H,7-8,13H2,1H3. The minimum absolute atomic E-state index is 0.185. The first-order valence-electron chi connectivity index (χ1n) is 4.77. The van der Waals surface area contributed by atoms with Gasteiger partial charge in [-0.25, -0.2) is 0 Å². The Labute approximate surface area is 79.3 Å². The van der Waals surface area contributed by atoms with Crippen LogP contribution in [0.15, 0.2) is 35.9 Å². The second-order valence-electron chi connectivity index (χ2n) is 3.81. The number of benzene rings is 1. The molecular formula is C12H15N. The third kappa shape index (κ3) is 1.81.